The van der Waals surface area contributed by atoms with Crippen LogP contribution in [0.2, 0.25) is 0 Å². The van der Waals surface area contributed by atoms with E-state index in [0.29, 0.717) is 12.5 Å². The van der Waals surface area contributed by atoms with E-state index in [4.69, 9.17) is 4.98 Å². The normalized spacial score (nSPS) is 15.9. The Morgan fingerprint density at radius 3 is 2.46 bits per heavy atom. The van der Waals surface area contributed by atoms with Crippen LogP contribution in [0.25, 0.3) is 11.0 Å². The summed E-state index contributed by atoms with van der Waals surface area (Å²) < 4.78 is 1.65. The molecule has 1 fully saturated rings. The van der Waals surface area contributed by atoms with Crippen LogP contribution < -0.4 is 10.5 Å². The maximum Gasteiger partial charge on any atom is 0.266 e. The average Bonchev–Trinajstić information content (AvgIpc) is 2.69. The van der Waals surface area contributed by atoms with Crippen molar-refractivity contribution in [3.8, 4) is 0 Å². The third kappa shape index (κ3) is 3.91. The Labute approximate surface area is 165 Å². The van der Waals surface area contributed by atoms with E-state index in [9.17, 15) is 4.79 Å². The van der Waals surface area contributed by atoms with Crippen molar-refractivity contribution in [2.45, 2.75) is 45.6 Å². The van der Waals surface area contributed by atoms with Crippen LogP contribution in [-0.2, 0) is 12.0 Å². The molecule has 2 aromatic heterocycles. The Kier molecular flexibility index (Phi) is 4.87. The van der Waals surface area contributed by atoms with Gasteiger partial charge in [0.25, 0.3) is 5.56 Å². The molecule has 4 rings (SSSR count). The number of hydrogen-bond donors (Lipinski definition) is 0. The zero-order valence-corrected chi connectivity index (χ0v) is 16.8. The van der Waals surface area contributed by atoms with Crippen LogP contribution in [0, 0.1) is 5.92 Å². The van der Waals surface area contributed by atoms with E-state index in [2.05, 4.69) is 35.8 Å². The molecule has 0 atom stereocenters. The van der Waals surface area contributed by atoms with Gasteiger partial charge in [-0.2, -0.15) is 5.10 Å². The zero-order valence-electron chi connectivity index (χ0n) is 16.8. The molecule has 0 N–H and O–H groups in total. The molecule has 0 radical (unpaired) electrons. The van der Waals surface area contributed by atoms with Crippen molar-refractivity contribution >= 4 is 16.9 Å². The number of nitrogens with zero attached hydrogens (tertiary/aromatic N) is 5. The fraction of sp³-hybridized carbons (Fsp3) is 0.455. The lowest BCUT2D eigenvalue weighted by atomic mass is 9.92. The van der Waals surface area contributed by atoms with Crippen LogP contribution in [0.4, 0.5) is 5.82 Å². The molecule has 1 aliphatic heterocycles. The van der Waals surface area contributed by atoms with Gasteiger partial charge in [0.15, 0.2) is 0 Å². The van der Waals surface area contributed by atoms with Crippen LogP contribution >= 0.6 is 0 Å². The van der Waals surface area contributed by atoms with E-state index in [1.54, 1.807) is 10.7 Å². The van der Waals surface area contributed by atoms with Gasteiger partial charge < -0.3 is 4.90 Å². The molecular formula is C22H27N5O. The van der Waals surface area contributed by atoms with Crippen molar-refractivity contribution in [2.75, 3.05) is 18.0 Å². The average molecular weight is 377 g/mol. The molecular weight excluding hydrogens is 350 g/mol. The minimum Gasteiger partial charge on any atom is -0.355 e. The van der Waals surface area contributed by atoms with Gasteiger partial charge in [0, 0.05) is 31.1 Å². The molecule has 3 aromatic rings. The van der Waals surface area contributed by atoms with E-state index >= 15 is 0 Å². The second-order valence-electron chi connectivity index (χ2n) is 8.64. The van der Waals surface area contributed by atoms with Gasteiger partial charge in [0.1, 0.15) is 5.82 Å². The summed E-state index contributed by atoms with van der Waals surface area (Å²) in [6.45, 7) is 8.88. The van der Waals surface area contributed by atoms with Gasteiger partial charge in [-0.3, -0.25) is 9.78 Å². The zero-order chi connectivity index (χ0) is 19.7. The molecule has 0 aliphatic carbocycles. The minimum atomic E-state index is -0.0619. The first-order chi connectivity index (χ1) is 13.4. The third-order valence-corrected chi connectivity index (χ3v) is 5.44. The van der Waals surface area contributed by atoms with Crippen molar-refractivity contribution in [3.05, 3.63) is 58.6 Å². The van der Waals surface area contributed by atoms with Gasteiger partial charge in [-0.25, -0.2) is 9.67 Å². The molecule has 6 heteroatoms. The maximum absolute atomic E-state index is 12.3. The van der Waals surface area contributed by atoms with E-state index in [1.807, 2.05) is 36.5 Å². The predicted octanol–water partition coefficient (Wildman–Crippen LogP) is 3.40. The smallest absolute Gasteiger partial charge is 0.266 e. The number of piperidine rings is 1. The number of anilines is 1. The largest absolute Gasteiger partial charge is 0.355 e. The Balaban J connectivity index is 1.43. The topological polar surface area (TPSA) is 63.9 Å². The lowest BCUT2D eigenvalue weighted by molar-refractivity contribution is 0.329. The van der Waals surface area contributed by atoms with Gasteiger partial charge in [0.2, 0.25) is 0 Å². The van der Waals surface area contributed by atoms with Crippen molar-refractivity contribution in [1.82, 2.24) is 19.7 Å². The summed E-state index contributed by atoms with van der Waals surface area (Å²) >= 11 is 0. The SMILES string of the molecule is CC(C)(C)c1ccc(=O)n(CC2CCN(c3cnc4ccccc4n3)CC2)n1. The molecule has 0 unspecified atom stereocenters. The van der Waals surface area contributed by atoms with Gasteiger partial charge in [-0.1, -0.05) is 32.9 Å². The van der Waals surface area contributed by atoms with Crippen molar-refractivity contribution in [1.29, 1.82) is 0 Å². The summed E-state index contributed by atoms with van der Waals surface area (Å²) in [5, 5.41) is 4.62. The highest BCUT2D eigenvalue weighted by molar-refractivity contribution is 5.75. The molecule has 6 nitrogen and oxygen atoms in total. The highest BCUT2D eigenvalue weighted by Crippen LogP contribution is 2.24. The summed E-state index contributed by atoms with van der Waals surface area (Å²) in [7, 11) is 0. The quantitative estimate of drug-likeness (QED) is 0.700. The van der Waals surface area contributed by atoms with Crippen molar-refractivity contribution < 1.29 is 0 Å². The number of rotatable bonds is 3. The number of fused-ring (bicyclic) bond motifs is 1. The monoisotopic (exact) mass is 377 g/mol. The number of aromatic nitrogens is 4. The first-order valence-corrected chi connectivity index (χ1v) is 9.95. The molecule has 3 heterocycles. The van der Waals surface area contributed by atoms with Gasteiger partial charge in [0.05, 0.1) is 22.9 Å². The van der Waals surface area contributed by atoms with Gasteiger partial charge in [-0.05, 0) is 37.0 Å². The molecule has 146 valence electrons. The molecule has 0 saturated carbocycles. The third-order valence-electron chi connectivity index (χ3n) is 5.44. The summed E-state index contributed by atoms with van der Waals surface area (Å²) in [4.78, 5) is 23.8. The second-order valence-corrected chi connectivity index (χ2v) is 8.64. The summed E-state index contributed by atoms with van der Waals surface area (Å²) in [6, 6.07) is 11.4. The van der Waals surface area contributed by atoms with Crippen LogP contribution in [-0.4, -0.2) is 32.8 Å². The van der Waals surface area contributed by atoms with Crippen LogP contribution in [0.1, 0.15) is 39.3 Å². The molecule has 0 spiro atoms. The van der Waals surface area contributed by atoms with Crippen LogP contribution in [0.15, 0.2) is 47.4 Å². The van der Waals surface area contributed by atoms with E-state index in [-0.39, 0.29) is 11.0 Å². The number of para-hydroxylation sites is 2. The Bertz CT molecular complexity index is 1030. The molecule has 0 bridgehead atoms. The molecule has 1 saturated heterocycles. The highest BCUT2D eigenvalue weighted by Gasteiger charge is 2.23. The van der Waals surface area contributed by atoms with E-state index in [0.717, 1.165) is 48.5 Å². The Morgan fingerprint density at radius 1 is 1.04 bits per heavy atom. The highest BCUT2D eigenvalue weighted by atomic mass is 16.1. The van der Waals surface area contributed by atoms with Crippen molar-refractivity contribution in [3.63, 3.8) is 0 Å². The minimum absolute atomic E-state index is 0.0178. The fourth-order valence-corrected chi connectivity index (χ4v) is 3.67. The standard InChI is InChI=1S/C22H27N5O/c1-22(2,3)19-8-9-21(28)27(25-19)15-16-10-12-26(13-11-16)20-14-23-17-6-4-5-7-18(17)24-20/h4-9,14,16H,10-13,15H2,1-3H3. The summed E-state index contributed by atoms with van der Waals surface area (Å²) in [6.07, 6.45) is 3.90. The van der Waals surface area contributed by atoms with E-state index in [1.165, 1.54) is 0 Å². The van der Waals surface area contributed by atoms with Crippen LogP contribution in [0.3, 0.4) is 0 Å². The van der Waals surface area contributed by atoms with Gasteiger partial charge >= 0.3 is 0 Å². The lowest BCUT2D eigenvalue weighted by Crippen LogP contribution is -2.37. The summed E-state index contributed by atoms with van der Waals surface area (Å²) in [5.74, 6) is 1.38. The van der Waals surface area contributed by atoms with E-state index < -0.39 is 0 Å². The number of hydrogen-bond acceptors (Lipinski definition) is 5. The first kappa shape index (κ1) is 18.6. The molecule has 1 aromatic carbocycles. The Morgan fingerprint density at radius 2 is 1.75 bits per heavy atom. The second kappa shape index (κ2) is 7.34. The molecule has 28 heavy (non-hydrogen) atoms. The van der Waals surface area contributed by atoms with Gasteiger partial charge in [-0.15, -0.1) is 0 Å². The van der Waals surface area contributed by atoms with Crippen LogP contribution in [0.5, 0.6) is 0 Å². The molecule has 1 aliphatic rings. The summed E-state index contributed by atoms with van der Waals surface area (Å²) in [5.41, 5.74) is 2.72. The predicted molar refractivity (Wildman–Crippen MR) is 112 cm³/mol. The first-order valence-electron chi connectivity index (χ1n) is 9.95. The lowest BCUT2D eigenvalue weighted by Gasteiger charge is -2.32. The fourth-order valence-electron chi connectivity index (χ4n) is 3.67. The van der Waals surface area contributed by atoms with Crippen molar-refractivity contribution in [2.24, 2.45) is 5.92 Å². The maximum atomic E-state index is 12.3. The molecule has 0 amide bonds. The number of benzene rings is 1. The Hall–Kier alpha value is -2.76.